The van der Waals surface area contributed by atoms with Crippen molar-refractivity contribution in [1.29, 1.82) is 0 Å². The lowest BCUT2D eigenvalue weighted by Gasteiger charge is -2.06. The SMILES string of the molecule is Nc1nc2cc(Cl)cnc2n1-c1ccc2c(c1)OCO2. The minimum atomic E-state index is 0.229. The van der Waals surface area contributed by atoms with Crippen molar-refractivity contribution in [3.63, 3.8) is 0 Å². The summed E-state index contributed by atoms with van der Waals surface area (Å²) in [6, 6.07) is 7.28. The summed E-state index contributed by atoms with van der Waals surface area (Å²) in [5.74, 6) is 1.74. The van der Waals surface area contributed by atoms with Gasteiger partial charge in [0.2, 0.25) is 12.7 Å². The van der Waals surface area contributed by atoms with Gasteiger partial charge in [0.1, 0.15) is 5.52 Å². The molecule has 1 aromatic carbocycles. The molecule has 0 saturated carbocycles. The number of nitrogen functional groups attached to an aromatic ring is 1. The molecule has 2 N–H and O–H groups in total. The van der Waals surface area contributed by atoms with Crippen molar-refractivity contribution in [2.75, 3.05) is 12.5 Å². The van der Waals surface area contributed by atoms with Gasteiger partial charge >= 0.3 is 0 Å². The summed E-state index contributed by atoms with van der Waals surface area (Å²) in [5.41, 5.74) is 8.08. The predicted molar refractivity (Wildman–Crippen MR) is 74.4 cm³/mol. The van der Waals surface area contributed by atoms with Gasteiger partial charge in [-0.3, -0.25) is 4.57 Å². The molecule has 0 fully saturated rings. The van der Waals surface area contributed by atoms with Gasteiger partial charge in [0.25, 0.3) is 0 Å². The fraction of sp³-hybridized carbons (Fsp3) is 0.0769. The van der Waals surface area contributed by atoms with E-state index in [9.17, 15) is 0 Å². The number of nitrogens with two attached hydrogens (primary N) is 1. The summed E-state index contributed by atoms with van der Waals surface area (Å²) >= 11 is 5.91. The number of imidazole rings is 1. The van der Waals surface area contributed by atoms with E-state index in [2.05, 4.69) is 9.97 Å². The number of rotatable bonds is 1. The number of hydrogen-bond acceptors (Lipinski definition) is 5. The highest BCUT2D eigenvalue weighted by molar-refractivity contribution is 6.31. The summed E-state index contributed by atoms with van der Waals surface area (Å²) in [5, 5.41) is 0.521. The van der Waals surface area contributed by atoms with E-state index in [0.29, 0.717) is 33.6 Å². The van der Waals surface area contributed by atoms with Crippen LogP contribution in [-0.4, -0.2) is 21.3 Å². The summed E-state index contributed by atoms with van der Waals surface area (Å²) in [6.45, 7) is 0.229. The van der Waals surface area contributed by atoms with Gasteiger partial charge in [0.15, 0.2) is 17.1 Å². The van der Waals surface area contributed by atoms with Crippen LogP contribution in [0.5, 0.6) is 11.5 Å². The normalized spacial score (nSPS) is 13.1. The Morgan fingerprint density at radius 3 is 2.95 bits per heavy atom. The molecule has 7 heteroatoms. The lowest BCUT2D eigenvalue weighted by Crippen LogP contribution is -2.01. The number of hydrogen-bond donors (Lipinski definition) is 1. The van der Waals surface area contributed by atoms with Gasteiger partial charge in [-0.1, -0.05) is 11.6 Å². The zero-order valence-corrected chi connectivity index (χ0v) is 11.0. The third-order valence-corrected chi connectivity index (χ3v) is 3.31. The first kappa shape index (κ1) is 11.4. The third kappa shape index (κ3) is 1.58. The van der Waals surface area contributed by atoms with E-state index in [0.717, 1.165) is 5.69 Å². The van der Waals surface area contributed by atoms with Crippen molar-refractivity contribution >= 4 is 28.7 Å². The lowest BCUT2D eigenvalue weighted by atomic mass is 10.2. The molecule has 20 heavy (non-hydrogen) atoms. The minimum Gasteiger partial charge on any atom is -0.454 e. The largest absolute Gasteiger partial charge is 0.454 e. The molecule has 4 rings (SSSR count). The Kier molecular flexibility index (Phi) is 2.28. The first-order valence-corrected chi connectivity index (χ1v) is 6.30. The maximum Gasteiger partial charge on any atom is 0.231 e. The molecule has 1 aliphatic heterocycles. The Morgan fingerprint density at radius 2 is 2.05 bits per heavy atom. The smallest absolute Gasteiger partial charge is 0.231 e. The molecule has 2 aromatic heterocycles. The van der Waals surface area contributed by atoms with Crippen LogP contribution in [0.4, 0.5) is 5.95 Å². The van der Waals surface area contributed by atoms with Crippen LogP contribution >= 0.6 is 11.6 Å². The molecule has 0 aliphatic carbocycles. The van der Waals surface area contributed by atoms with E-state index in [1.54, 1.807) is 16.8 Å². The van der Waals surface area contributed by atoms with Gasteiger partial charge < -0.3 is 15.2 Å². The average Bonchev–Trinajstić information content (AvgIpc) is 3.00. The highest BCUT2D eigenvalue weighted by Gasteiger charge is 2.17. The van der Waals surface area contributed by atoms with E-state index < -0.39 is 0 Å². The van der Waals surface area contributed by atoms with Gasteiger partial charge in [-0.05, 0) is 18.2 Å². The highest BCUT2D eigenvalue weighted by Crippen LogP contribution is 2.35. The van der Waals surface area contributed by atoms with Crippen molar-refractivity contribution in [2.45, 2.75) is 0 Å². The molecule has 3 aromatic rings. The third-order valence-electron chi connectivity index (χ3n) is 3.10. The first-order chi connectivity index (χ1) is 9.72. The van der Waals surface area contributed by atoms with Crippen LogP contribution in [-0.2, 0) is 0 Å². The second-order valence-corrected chi connectivity index (χ2v) is 4.78. The number of fused-ring (bicyclic) bond motifs is 2. The molecule has 3 heterocycles. The average molecular weight is 289 g/mol. The Bertz CT molecular complexity index is 831. The maximum atomic E-state index is 5.98. The quantitative estimate of drug-likeness (QED) is 0.744. The standard InChI is InChI=1S/C13H9ClN4O2/c14-7-3-9-12(16-5-7)18(13(15)17-9)8-1-2-10-11(4-8)20-6-19-10/h1-5H,6H2,(H2,15,17). The lowest BCUT2D eigenvalue weighted by molar-refractivity contribution is 0.174. The van der Waals surface area contributed by atoms with E-state index in [4.69, 9.17) is 26.8 Å². The molecule has 0 amide bonds. The zero-order valence-electron chi connectivity index (χ0n) is 10.2. The van der Waals surface area contributed by atoms with Crippen LogP contribution in [0.25, 0.3) is 16.9 Å². The van der Waals surface area contributed by atoms with Crippen molar-refractivity contribution < 1.29 is 9.47 Å². The first-order valence-electron chi connectivity index (χ1n) is 5.92. The number of benzene rings is 1. The fourth-order valence-electron chi connectivity index (χ4n) is 2.24. The van der Waals surface area contributed by atoms with Gasteiger partial charge in [-0.2, -0.15) is 0 Å². The van der Waals surface area contributed by atoms with Crippen LogP contribution in [0.2, 0.25) is 5.02 Å². The number of anilines is 1. The summed E-state index contributed by atoms with van der Waals surface area (Å²) in [4.78, 5) is 8.55. The molecular formula is C13H9ClN4O2. The Balaban J connectivity index is 1.96. The number of ether oxygens (including phenoxy) is 2. The summed E-state index contributed by atoms with van der Waals surface area (Å²) in [6.07, 6.45) is 1.56. The van der Waals surface area contributed by atoms with Crippen molar-refractivity contribution in [2.24, 2.45) is 0 Å². The Labute approximate surface area is 118 Å². The Morgan fingerprint density at radius 1 is 1.20 bits per heavy atom. The molecule has 0 spiro atoms. The van der Waals surface area contributed by atoms with Gasteiger partial charge in [-0.15, -0.1) is 0 Å². The van der Waals surface area contributed by atoms with Crippen molar-refractivity contribution in [3.05, 3.63) is 35.5 Å². The number of halogens is 1. The minimum absolute atomic E-state index is 0.229. The fourth-order valence-corrected chi connectivity index (χ4v) is 2.39. The van der Waals surface area contributed by atoms with E-state index in [1.807, 2.05) is 18.2 Å². The molecule has 6 nitrogen and oxygen atoms in total. The molecule has 0 atom stereocenters. The highest BCUT2D eigenvalue weighted by atomic mass is 35.5. The maximum absolute atomic E-state index is 5.98. The van der Waals surface area contributed by atoms with Crippen LogP contribution in [0, 0.1) is 0 Å². The van der Waals surface area contributed by atoms with Crippen LogP contribution in [0.1, 0.15) is 0 Å². The summed E-state index contributed by atoms with van der Waals surface area (Å²) in [7, 11) is 0. The molecule has 0 saturated heterocycles. The second-order valence-electron chi connectivity index (χ2n) is 4.34. The molecule has 100 valence electrons. The predicted octanol–water partition coefficient (Wildman–Crippen LogP) is 2.38. The number of pyridine rings is 1. The second kappa shape index (κ2) is 4.01. The topological polar surface area (TPSA) is 75.2 Å². The van der Waals surface area contributed by atoms with E-state index in [-0.39, 0.29) is 6.79 Å². The monoisotopic (exact) mass is 288 g/mol. The van der Waals surface area contributed by atoms with Gasteiger partial charge in [0, 0.05) is 12.3 Å². The van der Waals surface area contributed by atoms with Crippen LogP contribution < -0.4 is 15.2 Å². The molecule has 0 bridgehead atoms. The van der Waals surface area contributed by atoms with Crippen LogP contribution in [0.15, 0.2) is 30.5 Å². The number of nitrogens with zero attached hydrogens (tertiary/aromatic N) is 3. The number of aromatic nitrogens is 3. The molecule has 0 unspecified atom stereocenters. The molecular weight excluding hydrogens is 280 g/mol. The Hall–Kier alpha value is -2.47. The van der Waals surface area contributed by atoms with E-state index >= 15 is 0 Å². The van der Waals surface area contributed by atoms with Crippen molar-refractivity contribution in [1.82, 2.24) is 14.5 Å². The molecule has 1 aliphatic rings. The van der Waals surface area contributed by atoms with Crippen LogP contribution in [0.3, 0.4) is 0 Å². The zero-order chi connectivity index (χ0) is 13.7. The van der Waals surface area contributed by atoms with E-state index in [1.165, 1.54) is 0 Å². The van der Waals surface area contributed by atoms with Gasteiger partial charge in [0.05, 0.1) is 10.7 Å². The summed E-state index contributed by atoms with van der Waals surface area (Å²) < 4.78 is 12.4. The van der Waals surface area contributed by atoms with Gasteiger partial charge in [-0.25, -0.2) is 9.97 Å². The van der Waals surface area contributed by atoms with Crippen molar-refractivity contribution in [3.8, 4) is 17.2 Å². The molecule has 0 radical (unpaired) electrons.